The largest absolute Gasteiger partial charge is 3.00 e. The predicted octanol–water partition coefficient (Wildman–Crippen LogP) is 1.80. The summed E-state index contributed by atoms with van der Waals surface area (Å²) in [6.07, 6.45) is 10.0. The summed E-state index contributed by atoms with van der Waals surface area (Å²) >= 11 is 0. The molecule has 1 rings (SSSR count). The van der Waals surface area contributed by atoms with Crippen LogP contribution in [0.25, 0.3) is 0 Å². The molecule has 0 fully saturated rings. The van der Waals surface area contributed by atoms with Crippen molar-refractivity contribution in [3.8, 4) is 0 Å². The second kappa shape index (κ2) is 125. The normalized spacial score (nSPS) is 6.93. The monoisotopic (exact) mass is 252 g/mol. The van der Waals surface area contributed by atoms with E-state index in [0.717, 1.165) is 6.42 Å². The van der Waals surface area contributed by atoms with Crippen molar-refractivity contribution in [2.75, 3.05) is 0 Å². The molecule has 0 amide bonds. The first kappa shape index (κ1) is 37.2. The molecule has 4 heteroatoms. The van der Waals surface area contributed by atoms with Crippen LogP contribution in [-0.4, -0.2) is 20.4 Å². The Kier molecular flexibility index (Phi) is 311. The molecule has 0 unspecified atom stereocenters. The van der Waals surface area contributed by atoms with E-state index in [1.807, 2.05) is 32.5 Å². The van der Waals surface area contributed by atoms with Gasteiger partial charge in [-0.1, -0.05) is 0 Å². The van der Waals surface area contributed by atoms with E-state index < -0.39 is 0 Å². The van der Waals surface area contributed by atoms with Gasteiger partial charge in [-0.15, -0.1) is 6.42 Å². The van der Waals surface area contributed by atoms with Crippen LogP contribution < -0.4 is 0 Å². The Labute approximate surface area is 103 Å². The number of carbonyl (C=O) groups is 3. The molecule has 0 bridgehead atoms. The Morgan fingerprint density at radius 1 is 1.00 bits per heavy atom. The van der Waals surface area contributed by atoms with E-state index in [-0.39, 0.29) is 24.5 Å². The van der Waals surface area contributed by atoms with Gasteiger partial charge in [0.2, 0.25) is 0 Å². The van der Waals surface area contributed by atoms with E-state index in [2.05, 4.69) is 25.3 Å². The molecule has 86 valence electrons. The summed E-state index contributed by atoms with van der Waals surface area (Å²) < 4.78 is 0. The zero-order valence-corrected chi connectivity index (χ0v) is 10.1. The Morgan fingerprint density at radius 3 is 1.40 bits per heavy atom. The summed E-state index contributed by atoms with van der Waals surface area (Å²) in [5.74, 6) is 0. The first-order chi connectivity index (χ1) is 6.50. The minimum atomic E-state index is 0. The molecule has 3 nitrogen and oxygen atoms in total. The van der Waals surface area contributed by atoms with Crippen molar-refractivity contribution in [3.63, 3.8) is 0 Å². The molecule has 1 aliphatic rings. The van der Waals surface area contributed by atoms with Crippen LogP contribution in [0.4, 0.5) is 0 Å². The van der Waals surface area contributed by atoms with Gasteiger partial charge in [0, 0.05) is 0 Å². The maximum absolute atomic E-state index is 8.00. The van der Waals surface area contributed by atoms with E-state index in [4.69, 9.17) is 14.4 Å². The molecule has 0 atom stereocenters. The molecule has 0 aromatic rings. The number of hydrogen-bond acceptors (Lipinski definition) is 3. The quantitative estimate of drug-likeness (QED) is 0.488. The van der Waals surface area contributed by atoms with Crippen LogP contribution in [-0.2, 0) is 31.5 Å². The number of hydrogen-bond donors (Lipinski definition) is 0. The van der Waals surface area contributed by atoms with Crippen molar-refractivity contribution in [2.24, 2.45) is 0 Å². The molecule has 0 saturated heterocycles. The van der Waals surface area contributed by atoms with Gasteiger partial charge in [0.05, 0.1) is 0 Å². The molecule has 1 aliphatic carbocycles. The number of allylic oxidation sites excluding steroid dienone is 4. The third-order valence-electron chi connectivity index (χ3n) is 0.586. The molecule has 0 N–H and O–H groups in total. The van der Waals surface area contributed by atoms with Crippen LogP contribution >= 0.6 is 0 Å². The van der Waals surface area contributed by atoms with Gasteiger partial charge in [-0.25, -0.2) is 12.2 Å². The molecule has 0 saturated carbocycles. The van der Waals surface area contributed by atoms with Crippen molar-refractivity contribution in [3.05, 3.63) is 44.9 Å². The summed E-state index contributed by atoms with van der Waals surface area (Å²) in [4.78, 5) is 24.0. The van der Waals surface area contributed by atoms with Crippen LogP contribution in [0.1, 0.15) is 6.42 Å². The average molecular weight is 252 g/mol. The van der Waals surface area contributed by atoms with E-state index in [0.29, 0.717) is 0 Å². The van der Waals surface area contributed by atoms with Crippen molar-refractivity contribution in [2.45, 2.75) is 6.42 Å². The van der Waals surface area contributed by atoms with Crippen molar-refractivity contribution >= 4 is 20.4 Å². The first-order valence-corrected chi connectivity index (χ1v) is 2.99. The zero-order chi connectivity index (χ0) is 11.5. The van der Waals surface area contributed by atoms with Gasteiger partial charge in [0.1, 0.15) is 20.4 Å². The molecule has 0 heterocycles. The van der Waals surface area contributed by atoms with Gasteiger partial charge in [0.25, 0.3) is 0 Å². The van der Waals surface area contributed by atoms with E-state index in [1.165, 1.54) is 0 Å². The third-order valence-corrected chi connectivity index (χ3v) is 0.586. The minimum absolute atomic E-state index is 0. The van der Waals surface area contributed by atoms with Gasteiger partial charge in [-0.2, -0.15) is 6.08 Å². The third kappa shape index (κ3) is 105. The zero-order valence-electron chi connectivity index (χ0n) is 8.95. The summed E-state index contributed by atoms with van der Waals surface area (Å²) in [5, 5.41) is 0. The Balaban J connectivity index is -0.0000000182. The molecule has 0 aromatic carbocycles. The second-order valence-electron chi connectivity index (χ2n) is 1.00. The molecule has 0 radical (unpaired) electrons. The Hall–Kier alpha value is -1.25. The fourth-order valence-corrected chi connectivity index (χ4v) is 0.340. The summed E-state index contributed by atoms with van der Waals surface area (Å²) in [7, 11) is 0. The predicted molar refractivity (Wildman–Crippen MR) is 59.3 cm³/mol. The van der Waals surface area contributed by atoms with Crippen LogP contribution in [0.3, 0.4) is 0 Å². The van der Waals surface area contributed by atoms with Gasteiger partial charge in [-0.05, 0) is 0 Å². The fraction of sp³-hybridized carbons (Fsp3) is 0.0909. The Bertz CT molecular complexity index is 107. The minimum Gasteiger partial charge on any atom is -0.521 e. The van der Waals surface area contributed by atoms with Crippen LogP contribution in [0.2, 0.25) is 0 Å². The van der Waals surface area contributed by atoms with E-state index in [9.17, 15) is 0 Å². The van der Waals surface area contributed by atoms with Crippen LogP contribution in [0, 0.1) is 20.1 Å². The SMILES string of the molecule is C=O.C=O.C=O.[C-]1=CC=CC1.[CH-]=C.[CH3-].[Mn+3]. The van der Waals surface area contributed by atoms with Gasteiger partial charge in [0.15, 0.2) is 0 Å². The molecule has 0 aromatic heterocycles. The van der Waals surface area contributed by atoms with Crippen LogP contribution in [0.15, 0.2) is 24.8 Å². The van der Waals surface area contributed by atoms with E-state index >= 15 is 0 Å². The molecule has 15 heavy (non-hydrogen) atoms. The first-order valence-electron chi connectivity index (χ1n) is 2.99. The Morgan fingerprint density at radius 2 is 1.33 bits per heavy atom. The maximum atomic E-state index is 8.00. The van der Waals surface area contributed by atoms with Crippen molar-refractivity contribution in [1.29, 1.82) is 0 Å². The summed E-state index contributed by atoms with van der Waals surface area (Å²) in [5.41, 5.74) is 0. The smallest absolute Gasteiger partial charge is 0.521 e. The summed E-state index contributed by atoms with van der Waals surface area (Å²) in [6, 6.07) is 0. The van der Waals surface area contributed by atoms with E-state index in [1.54, 1.807) is 0 Å². The van der Waals surface area contributed by atoms with Gasteiger partial charge < -0.3 is 28.4 Å². The van der Waals surface area contributed by atoms with Crippen molar-refractivity contribution < 1.29 is 31.5 Å². The average Bonchev–Trinajstić information content (AvgIpc) is 2.87. The topological polar surface area (TPSA) is 51.2 Å². The van der Waals surface area contributed by atoms with Crippen LogP contribution in [0.5, 0.6) is 0 Å². The number of rotatable bonds is 0. The molecular weight excluding hydrogens is 235 g/mol. The second-order valence-corrected chi connectivity index (χ2v) is 1.00. The molecular formula is C11H17MnO3. The van der Waals surface area contributed by atoms with Gasteiger partial charge in [-0.3, -0.25) is 12.7 Å². The van der Waals surface area contributed by atoms with Gasteiger partial charge >= 0.3 is 17.1 Å². The maximum Gasteiger partial charge on any atom is 3.00 e. The standard InChI is InChI=1S/C5H5.C2H3.3CH2O.CH3.Mn/c1-2-4-5-3-1;4*1-2;;/h1-3H,4H2;1H,2H2;3*1H2;1H3;/q2*-1;;;;-1;+3. The molecule has 0 spiro atoms. The fourth-order valence-electron chi connectivity index (χ4n) is 0.340. The number of carbonyl (C=O) groups excluding carboxylic acids is 3. The summed E-state index contributed by atoms with van der Waals surface area (Å²) in [6.45, 7) is 13.0. The van der Waals surface area contributed by atoms with Crippen molar-refractivity contribution in [1.82, 2.24) is 0 Å². The molecule has 0 aliphatic heterocycles.